The van der Waals surface area contributed by atoms with Gasteiger partial charge in [-0.3, -0.25) is 9.36 Å². The Hall–Kier alpha value is -3.58. The number of rotatable bonds is 8. The minimum absolute atomic E-state index is 0.0655. The number of nitrogens with zero attached hydrogens (tertiary/aromatic N) is 3. The highest BCUT2D eigenvalue weighted by molar-refractivity contribution is 7.99. The van der Waals surface area contributed by atoms with Gasteiger partial charge >= 0.3 is 0 Å². The van der Waals surface area contributed by atoms with Gasteiger partial charge in [0, 0.05) is 0 Å². The summed E-state index contributed by atoms with van der Waals surface area (Å²) in [5.41, 5.74) is 4.21. The van der Waals surface area contributed by atoms with E-state index in [1.807, 2.05) is 54.0 Å². The predicted molar refractivity (Wildman–Crippen MR) is 127 cm³/mol. The van der Waals surface area contributed by atoms with Crippen molar-refractivity contribution in [2.24, 2.45) is 0 Å². The van der Waals surface area contributed by atoms with Gasteiger partial charge in [0.2, 0.25) is 5.91 Å². The second-order valence-electron chi connectivity index (χ2n) is 7.22. The van der Waals surface area contributed by atoms with E-state index in [0.29, 0.717) is 10.9 Å². The van der Waals surface area contributed by atoms with Crippen molar-refractivity contribution in [3.05, 3.63) is 90.8 Å². The Morgan fingerprint density at radius 1 is 1.00 bits per heavy atom. The Balaban J connectivity index is 1.36. The second-order valence-corrected chi connectivity index (χ2v) is 8.16. The molecule has 32 heavy (non-hydrogen) atoms. The highest BCUT2D eigenvalue weighted by Gasteiger charge is 2.15. The quantitative estimate of drug-likeness (QED) is 0.391. The number of hydrogen-bond donors (Lipinski definition) is 1. The fourth-order valence-corrected chi connectivity index (χ4v) is 4.14. The summed E-state index contributed by atoms with van der Waals surface area (Å²) in [6.07, 6.45) is 1.62. The predicted octanol–water partition coefficient (Wildman–Crippen LogP) is 4.91. The van der Waals surface area contributed by atoms with Gasteiger partial charge in [0.1, 0.15) is 12.1 Å². The zero-order valence-electron chi connectivity index (χ0n) is 17.9. The summed E-state index contributed by atoms with van der Waals surface area (Å²) < 4.78 is 7.24. The average molecular weight is 445 g/mol. The van der Waals surface area contributed by atoms with Crippen molar-refractivity contribution >= 4 is 17.7 Å². The molecule has 0 unspecified atom stereocenters. The normalized spacial score (nSPS) is 11.7. The first-order valence-corrected chi connectivity index (χ1v) is 11.2. The molecule has 1 atom stereocenters. The number of hydrogen-bond acceptors (Lipinski definition) is 5. The molecular formula is C25H24N4O2S. The summed E-state index contributed by atoms with van der Waals surface area (Å²) in [6.45, 7) is 1.98. The molecule has 0 fully saturated rings. The van der Waals surface area contributed by atoms with Crippen LogP contribution in [0, 0.1) is 0 Å². The first-order valence-electron chi connectivity index (χ1n) is 10.3. The molecule has 0 radical (unpaired) electrons. The van der Waals surface area contributed by atoms with Crippen molar-refractivity contribution in [1.82, 2.24) is 20.1 Å². The average Bonchev–Trinajstić information content (AvgIpc) is 3.32. The van der Waals surface area contributed by atoms with Crippen molar-refractivity contribution in [1.29, 1.82) is 0 Å². The van der Waals surface area contributed by atoms with Crippen molar-refractivity contribution in [3.8, 4) is 22.6 Å². The van der Waals surface area contributed by atoms with Gasteiger partial charge in [0.25, 0.3) is 0 Å². The largest absolute Gasteiger partial charge is 0.495 e. The lowest BCUT2D eigenvalue weighted by Crippen LogP contribution is -2.28. The van der Waals surface area contributed by atoms with Gasteiger partial charge in [-0.2, -0.15) is 0 Å². The monoisotopic (exact) mass is 444 g/mol. The molecule has 1 heterocycles. The molecule has 0 aliphatic carbocycles. The van der Waals surface area contributed by atoms with Gasteiger partial charge < -0.3 is 10.1 Å². The molecule has 4 aromatic rings. The summed E-state index contributed by atoms with van der Waals surface area (Å²) in [5, 5.41) is 11.8. The maximum atomic E-state index is 12.6. The fourth-order valence-electron chi connectivity index (χ4n) is 3.41. The van der Waals surface area contributed by atoms with E-state index in [1.54, 1.807) is 13.4 Å². The van der Waals surface area contributed by atoms with Gasteiger partial charge in [-0.1, -0.05) is 78.5 Å². The van der Waals surface area contributed by atoms with Crippen molar-refractivity contribution in [3.63, 3.8) is 0 Å². The van der Waals surface area contributed by atoms with Crippen LogP contribution in [0.25, 0.3) is 16.8 Å². The number of methoxy groups -OCH3 is 1. The number of para-hydroxylation sites is 2. The number of ether oxygens (including phenoxy) is 1. The van der Waals surface area contributed by atoms with Gasteiger partial charge in [-0.25, -0.2) is 0 Å². The van der Waals surface area contributed by atoms with E-state index < -0.39 is 0 Å². The first-order chi connectivity index (χ1) is 15.7. The Kier molecular flexibility index (Phi) is 6.87. The summed E-state index contributed by atoms with van der Waals surface area (Å²) in [4.78, 5) is 12.6. The molecule has 6 nitrogen and oxygen atoms in total. The number of thioether (sulfide) groups is 1. The van der Waals surface area contributed by atoms with E-state index in [9.17, 15) is 4.79 Å². The summed E-state index contributed by atoms with van der Waals surface area (Å²) in [5.74, 6) is 0.885. The fraction of sp³-hybridized carbons (Fsp3) is 0.160. The van der Waals surface area contributed by atoms with Crippen LogP contribution in [0.4, 0.5) is 0 Å². The van der Waals surface area contributed by atoms with Crippen LogP contribution < -0.4 is 10.1 Å². The van der Waals surface area contributed by atoms with Gasteiger partial charge in [0.05, 0.1) is 24.6 Å². The Morgan fingerprint density at radius 3 is 2.44 bits per heavy atom. The first kappa shape index (κ1) is 21.6. The molecule has 7 heteroatoms. The third-order valence-electron chi connectivity index (χ3n) is 5.09. The molecule has 1 N–H and O–H groups in total. The molecule has 1 aromatic heterocycles. The maximum absolute atomic E-state index is 12.6. The number of nitrogens with one attached hydrogen (secondary N) is 1. The number of carbonyl (C=O) groups excluding carboxylic acids is 1. The van der Waals surface area contributed by atoms with Crippen LogP contribution in [0.1, 0.15) is 18.5 Å². The number of amides is 1. The third-order valence-corrected chi connectivity index (χ3v) is 6.03. The van der Waals surface area contributed by atoms with E-state index >= 15 is 0 Å². The van der Waals surface area contributed by atoms with E-state index in [-0.39, 0.29) is 17.7 Å². The standard InChI is InChI=1S/C25H24N4O2S/c1-18(19-12-14-21(15-13-19)20-8-4-3-5-9-20)27-24(30)16-32-25-28-26-17-29(25)22-10-6-7-11-23(22)31-2/h3-15,17-18H,16H2,1-2H3,(H,27,30)/t18-/m1/s1. The van der Waals surface area contributed by atoms with E-state index in [2.05, 4.69) is 51.9 Å². The zero-order chi connectivity index (χ0) is 22.3. The van der Waals surface area contributed by atoms with Crippen LogP contribution in [0.2, 0.25) is 0 Å². The SMILES string of the molecule is COc1ccccc1-n1cnnc1SCC(=O)N[C@H](C)c1ccc(-c2ccccc2)cc1. The van der Waals surface area contributed by atoms with E-state index in [1.165, 1.54) is 17.3 Å². The molecule has 0 spiro atoms. The minimum Gasteiger partial charge on any atom is -0.495 e. The third kappa shape index (κ3) is 5.00. The van der Waals surface area contributed by atoms with Crippen LogP contribution in [0.5, 0.6) is 5.75 Å². The van der Waals surface area contributed by atoms with Gasteiger partial charge in [-0.15, -0.1) is 10.2 Å². The topological polar surface area (TPSA) is 69.0 Å². The van der Waals surface area contributed by atoms with Gasteiger partial charge in [-0.05, 0) is 35.7 Å². The number of benzene rings is 3. The molecule has 0 saturated heterocycles. The van der Waals surface area contributed by atoms with Crippen LogP contribution in [-0.2, 0) is 4.79 Å². The molecule has 0 aliphatic rings. The summed E-state index contributed by atoms with van der Waals surface area (Å²) in [7, 11) is 1.62. The molecule has 3 aromatic carbocycles. The van der Waals surface area contributed by atoms with Crippen molar-refractivity contribution in [2.45, 2.75) is 18.1 Å². The maximum Gasteiger partial charge on any atom is 0.230 e. The van der Waals surface area contributed by atoms with E-state index in [0.717, 1.165) is 16.8 Å². The van der Waals surface area contributed by atoms with Crippen molar-refractivity contribution < 1.29 is 9.53 Å². The Bertz CT molecular complexity index is 1180. The highest BCUT2D eigenvalue weighted by Crippen LogP contribution is 2.27. The Morgan fingerprint density at radius 2 is 1.69 bits per heavy atom. The van der Waals surface area contributed by atoms with Crippen LogP contribution in [0.3, 0.4) is 0 Å². The number of carbonyl (C=O) groups is 1. The smallest absolute Gasteiger partial charge is 0.230 e. The lowest BCUT2D eigenvalue weighted by atomic mass is 10.0. The lowest BCUT2D eigenvalue weighted by molar-refractivity contribution is -0.119. The molecule has 0 saturated carbocycles. The highest BCUT2D eigenvalue weighted by atomic mass is 32.2. The van der Waals surface area contributed by atoms with Crippen molar-refractivity contribution in [2.75, 3.05) is 12.9 Å². The minimum atomic E-state index is -0.0972. The molecule has 4 rings (SSSR count). The van der Waals surface area contributed by atoms with Gasteiger partial charge in [0.15, 0.2) is 5.16 Å². The number of aromatic nitrogens is 3. The molecular weight excluding hydrogens is 420 g/mol. The molecule has 162 valence electrons. The summed E-state index contributed by atoms with van der Waals surface area (Å²) in [6, 6.07) is 26.0. The van der Waals surface area contributed by atoms with Crippen LogP contribution in [0.15, 0.2) is 90.3 Å². The van der Waals surface area contributed by atoms with E-state index in [4.69, 9.17) is 4.74 Å². The molecule has 0 bridgehead atoms. The summed E-state index contributed by atoms with van der Waals surface area (Å²) >= 11 is 1.33. The van der Waals surface area contributed by atoms with Crippen LogP contribution >= 0.6 is 11.8 Å². The Labute approximate surface area is 191 Å². The van der Waals surface area contributed by atoms with Crippen LogP contribution in [-0.4, -0.2) is 33.5 Å². The lowest BCUT2D eigenvalue weighted by Gasteiger charge is -2.15. The zero-order valence-corrected chi connectivity index (χ0v) is 18.8. The molecule has 1 amide bonds. The second kappa shape index (κ2) is 10.2. The molecule has 0 aliphatic heterocycles.